The number of carboxylic acids is 1. The molecule has 160 valence electrons. The van der Waals surface area contributed by atoms with Gasteiger partial charge in [-0.15, -0.1) is 0 Å². The fourth-order valence-electron chi connectivity index (χ4n) is 2.97. The molecule has 0 aromatic heterocycles. The molecule has 0 unspecified atom stereocenters. The minimum absolute atomic E-state index is 0.0950. The van der Waals surface area contributed by atoms with Crippen LogP contribution in [-0.2, 0) is 33.4 Å². The zero-order valence-electron chi connectivity index (χ0n) is 16.1. The molecule has 0 radical (unpaired) electrons. The summed E-state index contributed by atoms with van der Waals surface area (Å²) in [4.78, 5) is 35.8. The van der Waals surface area contributed by atoms with Gasteiger partial charge in [-0.3, -0.25) is 9.59 Å². The van der Waals surface area contributed by atoms with Gasteiger partial charge in [0, 0.05) is 19.8 Å². The first-order valence-electron chi connectivity index (χ1n) is 9.07. The molecule has 3 N–H and O–H groups in total. The van der Waals surface area contributed by atoms with Crippen LogP contribution in [-0.4, -0.2) is 35.0 Å². The second kappa shape index (κ2) is 9.91. The van der Waals surface area contributed by atoms with Crippen LogP contribution in [0.25, 0.3) is 0 Å². The summed E-state index contributed by atoms with van der Waals surface area (Å²) in [5, 5.41) is 14.1. The summed E-state index contributed by atoms with van der Waals surface area (Å²) in [5.74, 6) is -2.78. The van der Waals surface area contributed by atoms with Crippen molar-refractivity contribution in [2.45, 2.75) is 38.0 Å². The Kier molecular flexibility index (Phi) is 7.57. The summed E-state index contributed by atoms with van der Waals surface area (Å²) >= 11 is 0. The van der Waals surface area contributed by atoms with Crippen LogP contribution in [0.2, 0.25) is 0 Å². The number of hydrogen-bond acceptors (Lipinski definition) is 3. The molecular weight excluding hydrogens is 401 g/mol. The summed E-state index contributed by atoms with van der Waals surface area (Å²) in [6.45, 7) is 1.21. The van der Waals surface area contributed by atoms with Crippen LogP contribution >= 0.6 is 0 Å². The van der Waals surface area contributed by atoms with Gasteiger partial charge in [-0.05, 0) is 17.2 Å². The fourth-order valence-corrected chi connectivity index (χ4v) is 2.97. The third-order valence-corrected chi connectivity index (χ3v) is 4.34. The summed E-state index contributed by atoms with van der Waals surface area (Å²) < 4.78 is 39.6. The molecule has 2 aromatic carbocycles. The van der Waals surface area contributed by atoms with Crippen molar-refractivity contribution in [2.75, 3.05) is 0 Å². The first-order valence-corrected chi connectivity index (χ1v) is 9.07. The largest absolute Gasteiger partial charge is 0.480 e. The maximum Gasteiger partial charge on any atom is 0.416 e. The van der Waals surface area contributed by atoms with Crippen LogP contribution < -0.4 is 10.6 Å². The lowest BCUT2D eigenvalue weighted by Gasteiger charge is -2.22. The maximum absolute atomic E-state index is 13.2. The van der Waals surface area contributed by atoms with Crippen molar-refractivity contribution < 1.29 is 32.7 Å². The number of rotatable bonds is 8. The molecule has 0 heterocycles. The smallest absolute Gasteiger partial charge is 0.416 e. The molecule has 2 aromatic rings. The van der Waals surface area contributed by atoms with E-state index in [0.29, 0.717) is 0 Å². The van der Waals surface area contributed by atoms with Crippen molar-refractivity contribution in [3.8, 4) is 0 Å². The minimum atomic E-state index is -4.66. The zero-order valence-corrected chi connectivity index (χ0v) is 16.1. The Balaban J connectivity index is 2.21. The minimum Gasteiger partial charge on any atom is -0.480 e. The van der Waals surface area contributed by atoms with E-state index in [2.05, 4.69) is 10.6 Å². The molecule has 2 atom stereocenters. The number of hydrogen-bond donors (Lipinski definition) is 3. The highest BCUT2D eigenvalue weighted by atomic mass is 19.4. The van der Waals surface area contributed by atoms with E-state index in [1.54, 1.807) is 30.3 Å². The van der Waals surface area contributed by atoms with Gasteiger partial charge in [0.2, 0.25) is 11.8 Å². The van der Waals surface area contributed by atoms with Gasteiger partial charge in [0.1, 0.15) is 12.1 Å². The monoisotopic (exact) mass is 422 g/mol. The van der Waals surface area contributed by atoms with Crippen molar-refractivity contribution in [2.24, 2.45) is 0 Å². The molecule has 0 spiro atoms. The predicted molar refractivity (Wildman–Crippen MR) is 102 cm³/mol. The van der Waals surface area contributed by atoms with Crippen molar-refractivity contribution in [3.05, 3.63) is 71.3 Å². The first-order chi connectivity index (χ1) is 14.1. The van der Waals surface area contributed by atoms with Crippen LogP contribution in [0.5, 0.6) is 0 Å². The molecule has 2 amide bonds. The molecule has 0 aliphatic carbocycles. The fraction of sp³-hybridized carbons (Fsp3) is 0.286. The Morgan fingerprint density at radius 3 is 2.07 bits per heavy atom. The van der Waals surface area contributed by atoms with Gasteiger partial charge in [-0.25, -0.2) is 4.79 Å². The number of carbonyl (C=O) groups excluding carboxylic acids is 2. The molecule has 0 aliphatic rings. The SMILES string of the molecule is CC(=O)N[C@@H](Cc1ccccc1)C(=O)N[C@H](Cc1ccccc1C(F)(F)F)C(=O)O. The number of nitrogens with one attached hydrogen (secondary N) is 2. The standard InChI is InChI=1S/C21H21F3N2O4/c1-13(27)25-17(11-14-7-3-2-4-8-14)19(28)26-18(20(29)30)12-15-9-5-6-10-16(15)21(22,23)24/h2-10,17-18H,11-12H2,1H3,(H,25,27)(H,26,28)(H,29,30)/t17-,18+/m0/s1. The van der Waals surface area contributed by atoms with E-state index in [4.69, 9.17) is 0 Å². The third kappa shape index (κ3) is 6.61. The van der Waals surface area contributed by atoms with E-state index in [9.17, 15) is 32.7 Å². The highest BCUT2D eigenvalue weighted by molar-refractivity contribution is 5.90. The summed E-state index contributed by atoms with van der Waals surface area (Å²) in [7, 11) is 0. The number of alkyl halides is 3. The van der Waals surface area contributed by atoms with Gasteiger partial charge in [0.15, 0.2) is 0 Å². The Morgan fingerprint density at radius 2 is 1.50 bits per heavy atom. The van der Waals surface area contributed by atoms with Crippen LogP contribution in [0, 0.1) is 0 Å². The third-order valence-electron chi connectivity index (χ3n) is 4.34. The molecule has 30 heavy (non-hydrogen) atoms. The lowest BCUT2D eigenvalue weighted by atomic mass is 9.99. The highest BCUT2D eigenvalue weighted by Gasteiger charge is 2.35. The first kappa shape index (κ1) is 22.9. The van der Waals surface area contributed by atoms with Crippen molar-refractivity contribution in [1.82, 2.24) is 10.6 Å². The average molecular weight is 422 g/mol. The van der Waals surface area contributed by atoms with Crippen molar-refractivity contribution >= 4 is 17.8 Å². The zero-order chi connectivity index (χ0) is 22.3. The predicted octanol–water partition coefficient (Wildman–Crippen LogP) is 2.56. The number of amides is 2. The van der Waals surface area contributed by atoms with Gasteiger partial charge in [0.05, 0.1) is 5.56 Å². The van der Waals surface area contributed by atoms with Crippen LogP contribution in [0.1, 0.15) is 23.6 Å². The number of benzene rings is 2. The molecule has 2 rings (SSSR count). The summed E-state index contributed by atoms with van der Waals surface area (Å²) in [6.07, 6.45) is -5.12. The Labute approximate surface area is 171 Å². The van der Waals surface area contributed by atoms with E-state index in [1.807, 2.05) is 0 Å². The summed E-state index contributed by atoms with van der Waals surface area (Å²) in [6, 6.07) is 10.6. The number of halogens is 3. The van der Waals surface area contributed by atoms with Crippen molar-refractivity contribution in [1.29, 1.82) is 0 Å². The second-order valence-corrected chi connectivity index (χ2v) is 6.70. The molecule has 6 nitrogen and oxygen atoms in total. The van der Waals surface area contributed by atoms with Gasteiger partial charge < -0.3 is 15.7 Å². The van der Waals surface area contributed by atoms with E-state index < -0.39 is 48.0 Å². The molecule has 9 heteroatoms. The van der Waals surface area contributed by atoms with E-state index >= 15 is 0 Å². The Bertz CT molecular complexity index is 901. The number of carbonyl (C=O) groups is 3. The number of aliphatic carboxylic acids is 1. The number of carboxylic acid groups (broad SMARTS) is 1. The van der Waals surface area contributed by atoms with E-state index in [1.165, 1.54) is 25.1 Å². The quantitative estimate of drug-likeness (QED) is 0.609. The van der Waals surface area contributed by atoms with Gasteiger partial charge in [-0.1, -0.05) is 48.5 Å². The van der Waals surface area contributed by atoms with Gasteiger partial charge in [-0.2, -0.15) is 13.2 Å². The van der Waals surface area contributed by atoms with Crippen molar-refractivity contribution in [3.63, 3.8) is 0 Å². The summed E-state index contributed by atoms with van der Waals surface area (Å²) in [5.41, 5.74) is -0.495. The molecule has 0 bridgehead atoms. The lowest BCUT2D eigenvalue weighted by Crippen LogP contribution is -2.52. The second-order valence-electron chi connectivity index (χ2n) is 6.70. The lowest BCUT2D eigenvalue weighted by molar-refractivity contribution is -0.143. The molecule has 0 aliphatic heterocycles. The Hall–Kier alpha value is -3.36. The molecule has 0 fully saturated rings. The topological polar surface area (TPSA) is 95.5 Å². The van der Waals surface area contributed by atoms with Crippen LogP contribution in [0.3, 0.4) is 0 Å². The van der Waals surface area contributed by atoms with E-state index in [0.717, 1.165) is 11.6 Å². The highest BCUT2D eigenvalue weighted by Crippen LogP contribution is 2.32. The molecule has 0 saturated carbocycles. The van der Waals surface area contributed by atoms with E-state index in [-0.39, 0.29) is 12.0 Å². The molecule has 0 saturated heterocycles. The van der Waals surface area contributed by atoms with Gasteiger partial charge >= 0.3 is 12.1 Å². The normalized spacial score (nSPS) is 13.2. The van der Waals surface area contributed by atoms with Gasteiger partial charge in [0.25, 0.3) is 0 Å². The maximum atomic E-state index is 13.2. The Morgan fingerprint density at radius 1 is 0.900 bits per heavy atom. The average Bonchev–Trinajstić information content (AvgIpc) is 2.67. The molecular formula is C21H21F3N2O4. The van der Waals surface area contributed by atoms with Crippen LogP contribution in [0.4, 0.5) is 13.2 Å². The van der Waals surface area contributed by atoms with Crippen LogP contribution in [0.15, 0.2) is 54.6 Å².